The van der Waals surface area contributed by atoms with E-state index in [0.29, 0.717) is 6.54 Å². The molecule has 0 saturated carbocycles. The highest BCUT2D eigenvalue weighted by molar-refractivity contribution is 4.88. The van der Waals surface area contributed by atoms with Crippen molar-refractivity contribution < 1.29 is 0 Å². The highest BCUT2D eigenvalue weighted by atomic mass is 15.5. The number of nitrogens with two attached hydrogens (primary N) is 1. The fraction of sp³-hybridized carbons (Fsp3) is 0.600. The quantitative estimate of drug-likeness (QED) is 0.496. The molecule has 0 aliphatic carbocycles. The molecule has 1 aliphatic heterocycles. The Kier molecular flexibility index (Phi) is 1.88. The van der Waals surface area contributed by atoms with Crippen molar-refractivity contribution in [1.29, 1.82) is 0 Å². The maximum absolute atomic E-state index is 5.29. The monoisotopic (exact) mass is 113 g/mol. The first kappa shape index (κ1) is 5.59. The van der Waals surface area contributed by atoms with Crippen molar-refractivity contribution in [3.05, 3.63) is 12.3 Å². The highest BCUT2D eigenvalue weighted by Crippen LogP contribution is 1.88. The van der Waals surface area contributed by atoms with E-state index in [1.54, 1.807) is 0 Å². The molecule has 0 atom stereocenters. The molecule has 0 bridgehead atoms. The average molecular weight is 113 g/mol. The van der Waals surface area contributed by atoms with Gasteiger partial charge in [0.15, 0.2) is 0 Å². The van der Waals surface area contributed by atoms with Crippen LogP contribution in [0.5, 0.6) is 0 Å². The molecular weight excluding hydrogens is 102 g/mol. The fourth-order valence-corrected chi connectivity index (χ4v) is 0.695. The van der Waals surface area contributed by atoms with Gasteiger partial charge in [0.25, 0.3) is 0 Å². The SMILES string of the molecule is NCCN1C=CCN1. The van der Waals surface area contributed by atoms with E-state index in [2.05, 4.69) is 11.5 Å². The van der Waals surface area contributed by atoms with Crippen molar-refractivity contribution in [1.82, 2.24) is 10.4 Å². The lowest BCUT2D eigenvalue weighted by Crippen LogP contribution is -2.33. The lowest BCUT2D eigenvalue weighted by atomic mass is 10.6. The van der Waals surface area contributed by atoms with Crippen LogP contribution in [0.15, 0.2) is 12.3 Å². The van der Waals surface area contributed by atoms with Gasteiger partial charge in [0.1, 0.15) is 0 Å². The van der Waals surface area contributed by atoms with Gasteiger partial charge >= 0.3 is 0 Å². The molecule has 46 valence electrons. The van der Waals surface area contributed by atoms with Crippen LogP contribution >= 0.6 is 0 Å². The van der Waals surface area contributed by atoms with Crippen molar-refractivity contribution in [2.45, 2.75) is 0 Å². The van der Waals surface area contributed by atoms with Crippen LogP contribution in [-0.4, -0.2) is 24.6 Å². The van der Waals surface area contributed by atoms with E-state index in [1.807, 2.05) is 11.2 Å². The van der Waals surface area contributed by atoms with E-state index in [9.17, 15) is 0 Å². The molecule has 3 N–H and O–H groups in total. The van der Waals surface area contributed by atoms with Gasteiger partial charge in [-0.25, -0.2) is 5.43 Å². The van der Waals surface area contributed by atoms with Crippen LogP contribution in [0, 0.1) is 0 Å². The van der Waals surface area contributed by atoms with Crippen LogP contribution in [0.4, 0.5) is 0 Å². The zero-order valence-electron chi connectivity index (χ0n) is 4.80. The Labute approximate surface area is 49.1 Å². The number of nitrogens with one attached hydrogen (secondary N) is 1. The van der Waals surface area contributed by atoms with E-state index >= 15 is 0 Å². The summed E-state index contributed by atoms with van der Waals surface area (Å²) in [6.07, 6.45) is 4.07. The summed E-state index contributed by atoms with van der Waals surface area (Å²) in [5, 5.41) is 1.99. The Bertz CT molecular complexity index is 89.7. The van der Waals surface area contributed by atoms with Crippen LogP contribution in [0.1, 0.15) is 0 Å². The maximum Gasteiger partial charge on any atom is 0.0460 e. The molecule has 0 amide bonds. The van der Waals surface area contributed by atoms with Gasteiger partial charge in [-0.15, -0.1) is 0 Å². The highest BCUT2D eigenvalue weighted by Gasteiger charge is 1.98. The third-order valence-corrected chi connectivity index (χ3v) is 1.07. The molecule has 0 aromatic rings. The summed E-state index contributed by atoms with van der Waals surface area (Å²) in [6.45, 7) is 2.55. The Balaban J connectivity index is 2.16. The molecule has 1 rings (SSSR count). The zero-order chi connectivity index (χ0) is 5.82. The summed E-state index contributed by atoms with van der Waals surface area (Å²) < 4.78 is 0. The summed E-state index contributed by atoms with van der Waals surface area (Å²) in [7, 11) is 0. The van der Waals surface area contributed by atoms with Crippen molar-refractivity contribution in [2.75, 3.05) is 19.6 Å². The van der Waals surface area contributed by atoms with E-state index < -0.39 is 0 Å². The van der Waals surface area contributed by atoms with Crippen LogP contribution in [-0.2, 0) is 0 Å². The minimum Gasteiger partial charge on any atom is -0.329 e. The van der Waals surface area contributed by atoms with Crippen LogP contribution < -0.4 is 11.2 Å². The zero-order valence-corrected chi connectivity index (χ0v) is 4.80. The van der Waals surface area contributed by atoms with Gasteiger partial charge in [-0.1, -0.05) is 6.08 Å². The second kappa shape index (κ2) is 2.69. The largest absolute Gasteiger partial charge is 0.329 e. The third-order valence-electron chi connectivity index (χ3n) is 1.07. The topological polar surface area (TPSA) is 41.3 Å². The first-order valence-electron chi connectivity index (χ1n) is 2.80. The molecule has 0 saturated heterocycles. The smallest absolute Gasteiger partial charge is 0.0460 e. The van der Waals surface area contributed by atoms with Gasteiger partial charge in [-0.2, -0.15) is 0 Å². The molecule has 0 spiro atoms. The molecule has 1 aliphatic rings. The first-order chi connectivity index (χ1) is 3.93. The van der Waals surface area contributed by atoms with E-state index in [1.165, 1.54) is 0 Å². The average Bonchev–Trinajstić information content (AvgIpc) is 2.19. The van der Waals surface area contributed by atoms with Gasteiger partial charge in [0.2, 0.25) is 0 Å². The first-order valence-corrected chi connectivity index (χ1v) is 2.80. The lowest BCUT2D eigenvalue weighted by Gasteiger charge is -2.13. The van der Waals surface area contributed by atoms with E-state index in [0.717, 1.165) is 13.1 Å². The van der Waals surface area contributed by atoms with E-state index in [-0.39, 0.29) is 0 Å². The number of rotatable bonds is 2. The van der Waals surface area contributed by atoms with Gasteiger partial charge in [0.05, 0.1) is 0 Å². The Hall–Kier alpha value is -0.540. The van der Waals surface area contributed by atoms with E-state index in [4.69, 9.17) is 5.73 Å². The van der Waals surface area contributed by atoms with Crippen molar-refractivity contribution in [3.63, 3.8) is 0 Å². The molecule has 0 aromatic heterocycles. The maximum atomic E-state index is 5.29. The Morgan fingerprint density at radius 2 is 2.62 bits per heavy atom. The number of hydrazine groups is 1. The molecule has 8 heavy (non-hydrogen) atoms. The molecule has 0 unspecified atom stereocenters. The normalized spacial score (nSPS) is 17.9. The van der Waals surface area contributed by atoms with Gasteiger partial charge in [-0.05, 0) is 0 Å². The van der Waals surface area contributed by atoms with Crippen molar-refractivity contribution in [3.8, 4) is 0 Å². The molecule has 0 aromatic carbocycles. The molecule has 1 heterocycles. The lowest BCUT2D eigenvalue weighted by molar-refractivity contribution is 0.315. The van der Waals surface area contributed by atoms with Gasteiger partial charge in [-0.3, -0.25) is 0 Å². The third kappa shape index (κ3) is 1.21. The molecule has 3 nitrogen and oxygen atoms in total. The van der Waals surface area contributed by atoms with Crippen molar-refractivity contribution >= 4 is 0 Å². The fourth-order valence-electron chi connectivity index (χ4n) is 0.695. The minimum absolute atomic E-state index is 0.706. The summed E-state index contributed by atoms with van der Waals surface area (Å²) in [5.74, 6) is 0. The second-order valence-electron chi connectivity index (χ2n) is 1.73. The number of hydrogen-bond acceptors (Lipinski definition) is 3. The van der Waals surface area contributed by atoms with Crippen LogP contribution in [0.2, 0.25) is 0 Å². The Morgan fingerprint density at radius 3 is 3.12 bits per heavy atom. The molecule has 3 heteroatoms. The number of nitrogens with zero attached hydrogens (tertiary/aromatic N) is 1. The minimum atomic E-state index is 0.706. The summed E-state index contributed by atoms with van der Waals surface area (Å²) in [5.41, 5.74) is 8.39. The summed E-state index contributed by atoms with van der Waals surface area (Å²) in [6, 6.07) is 0. The standard InChI is InChI=1S/C5H11N3/c6-2-5-8-4-1-3-7-8/h1,4,7H,2-3,5-6H2. The number of hydrogen-bond donors (Lipinski definition) is 2. The molecule has 0 radical (unpaired) electrons. The molecule has 0 fully saturated rings. The van der Waals surface area contributed by atoms with Crippen LogP contribution in [0.25, 0.3) is 0 Å². The summed E-state index contributed by atoms with van der Waals surface area (Å²) in [4.78, 5) is 0. The van der Waals surface area contributed by atoms with Crippen molar-refractivity contribution in [2.24, 2.45) is 5.73 Å². The second-order valence-corrected chi connectivity index (χ2v) is 1.73. The molecular formula is C5H11N3. The predicted octanol–water partition coefficient (Wildman–Crippen LogP) is -0.721. The van der Waals surface area contributed by atoms with Gasteiger partial charge in [0, 0.05) is 25.8 Å². The predicted molar refractivity (Wildman–Crippen MR) is 32.9 cm³/mol. The Morgan fingerprint density at radius 1 is 1.75 bits per heavy atom. The van der Waals surface area contributed by atoms with Crippen LogP contribution in [0.3, 0.4) is 0 Å². The van der Waals surface area contributed by atoms with Gasteiger partial charge < -0.3 is 10.7 Å². The summed E-state index contributed by atoms with van der Waals surface area (Å²) >= 11 is 0.